The molecule has 1 aliphatic carbocycles. The summed E-state index contributed by atoms with van der Waals surface area (Å²) in [6, 6.07) is 0. The number of hydrogen-bond donors (Lipinski definition) is 0. The molecule has 74 valence electrons. The number of carbonyl (C=O) groups excluding carboxylic acids is 1. The second kappa shape index (κ2) is 5.02. The van der Waals surface area contributed by atoms with Crippen LogP contribution in [0.15, 0.2) is 12.7 Å². The van der Waals surface area contributed by atoms with Crippen LogP contribution < -0.4 is 0 Å². The lowest BCUT2D eigenvalue weighted by Gasteiger charge is -2.08. The first-order valence-corrected chi connectivity index (χ1v) is 4.58. The summed E-state index contributed by atoms with van der Waals surface area (Å²) in [5, 5.41) is 0. The molecule has 13 heavy (non-hydrogen) atoms. The summed E-state index contributed by atoms with van der Waals surface area (Å²) >= 11 is 0. The first kappa shape index (κ1) is 10.3. The lowest BCUT2D eigenvalue weighted by atomic mass is 10.1. The molecule has 0 heterocycles. The maximum absolute atomic E-state index is 11.3. The quantitative estimate of drug-likeness (QED) is 0.491. The first-order valence-electron chi connectivity index (χ1n) is 4.58. The first-order chi connectivity index (χ1) is 6.27. The van der Waals surface area contributed by atoms with Crippen LogP contribution in [0, 0.1) is 5.92 Å². The van der Waals surface area contributed by atoms with Gasteiger partial charge in [-0.1, -0.05) is 12.7 Å². The molecule has 0 radical (unpaired) electrons. The molecule has 0 amide bonds. The number of esters is 1. The van der Waals surface area contributed by atoms with Crippen LogP contribution >= 0.6 is 0 Å². The summed E-state index contributed by atoms with van der Waals surface area (Å²) in [6.07, 6.45) is 4.47. The number of rotatable bonds is 4. The predicted molar refractivity (Wildman–Crippen MR) is 49.3 cm³/mol. The van der Waals surface area contributed by atoms with Gasteiger partial charge in [0, 0.05) is 7.11 Å². The zero-order chi connectivity index (χ0) is 9.68. The van der Waals surface area contributed by atoms with Gasteiger partial charge in [-0.2, -0.15) is 0 Å². The van der Waals surface area contributed by atoms with Crippen LogP contribution in [-0.2, 0) is 14.3 Å². The maximum atomic E-state index is 11.3. The van der Waals surface area contributed by atoms with E-state index in [1.54, 1.807) is 13.2 Å². The van der Waals surface area contributed by atoms with Gasteiger partial charge in [-0.25, -0.2) is 0 Å². The molecule has 0 bridgehead atoms. The highest BCUT2D eigenvalue weighted by atomic mass is 16.5. The number of carbonyl (C=O) groups is 1. The highest BCUT2D eigenvalue weighted by Gasteiger charge is 2.30. The van der Waals surface area contributed by atoms with Gasteiger partial charge >= 0.3 is 5.97 Å². The van der Waals surface area contributed by atoms with Crippen LogP contribution in [-0.4, -0.2) is 25.8 Å². The Balaban J connectivity index is 2.28. The predicted octanol–water partition coefficient (Wildman–Crippen LogP) is 1.53. The van der Waals surface area contributed by atoms with Crippen LogP contribution in [0.25, 0.3) is 0 Å². The molecule has 1 fully saturated rings. The van der Waals surface area contributed by atoms with Crippen molar-refractivity contribution in [2.45, 2.75) is 25.4 Å². The highest BCUT2D eigenvalue weighted by molar-refractivity contribution is 5.72. The van der Waals surface area contributed by atoms with Crippen molar-refractivity contribution in [2.24, 2.45) is 5.92 Å². The van der Waals surface area contributed by atoms with Gasteiger partial charge in [-0.3, -0.25) is 4.79 Å². The Bertz CT molecular complexity index is 189. The summed E-state index contributed by atoms with van der Waals surface area (Å²) in [5.74, 6) is -0.0793. The van der Waals surface area contributed by atoms with Gasteiger partial charge in [-0.15, -0.1) is 0 Å². The summed E-state index contributed by atoms with van der Waals surface area (Å²) in [7, 11) is 1.68. The van der Waals surface area contributed by atoms with Gasteiger partial charge in [-0.05, 0) is 19.3 Å². The van der Waals surface area contributed by atoms with E-state index in [9.17, 15) is 4.79 Å². The smallest absolute Gasteiger partial charge is 0.309 e. The molecule has 3 nitrogen and oxygen atoms in total. The molecule has 2 atom stereocenters. The Hall–Kier alpha value is -0.830. The van der Waals surface area contributed by atoms with Crippen molar-refractivity contribution in [3.8, 4) is 0 Å². The lowest BCUT2D eigenvalue weighted by molar-refractivity contribution is -0.147. The van der Waals surface area contributed by atoms with E-state index in [1.165, 1.54) is 0 Å². The van der Waals surface area contributed by atoms with Crippen molar-refractivity contribution in [2.75, 3.05) is 13.7 Å². The summed E-state index contributed by atoms with van der Waals surface area (Å²) < 4.78 is 10.1. The van der Waals surface area contributed by atoms with Gasteiger partial charge in [0.15, 0.2) is 0 Å². The minimum Gasteiger partial charge on any atom is -0.461 e. The Morgan fingerprint density at radius 3 is 2.92 bits per heavy atom. The van der Waals surface area contributed by atoms with E-state index in [-0.39, 0.29) is 18.0 Å². The van der Waals surface area contributed by atoms with Crippen molar-refractivity contribution in [3.05, 3.63) is 12.7 Å². The van der Waals surface area contributed by atoms with Crippen molar-refractivity contribution in [3.63, 3.8) is 0 Å². The molecule has 0 aromatic rings. The zero-order valence-electron chi connectivity index (χ0n) is 7.99. The second-order valence-corrected chi connectivity index (χ2v) is 3.29. The molecule has 0 saturated heterocycles. The third-order valence-corrected chi connectivity index (χ3v) is 2.39. The fourth-order valence-electron chi connectivity index (χ4n) is 1.63. The third kappa shape index (κ3) is 2.84. The van der Waals surface area contributed by atoms with E-state index in [0.29, 0.717) is 6.61 Å². The number of methoxy groups -OCH3 is 1. The molecule has 1 rings (SSSR count). The fourth-order valence-corrected chi connectivity index (χ4v) is 1.63. The molecule has 0 aromatic carbocycles. The summed E-state index contributed by atoms with van der Waals surface area (Å²) in [5.41, 5.74) is 0. The van der Waals surface area contributed by atoms with E-state index in [1.807, 2.05) is 0 Å². The molecule has 0 unspecified atom stereocenters. The average molecular weight is 184 g/mol. The summed E-state index contributed by atoms with van der Waals surface area (Å²) in [4.78, 5) is 11.3. The van der Waals surface area contributed by atoms with Crippen LogP contribution in [0.5, 0.6) is 0 Å². The van der Waals surface area contributed by atoms with Crippen molar-refractivity contribution < 1.29 is 14.3 Å². The molecular formula is C10H16O3. The molecule has 0 aliphatic heterocycles. The highest BCUT2D eigenvalue weighted by Crippen LogP contribution is 2.28. The normalized spacial score (nSPS) is 27.2. The Kier molecular flexibility index (Phi) is 3.96. The minimum absolute atomic E-state index is 0.0323. The molecule has 1 aliphatic rings. The monoisotopic (exact) mass is 184 g/mol. The van der Waals surface area contributed by atoms with E-state index in [0.717, 1.165) is 19.3 Å². The zero-order valence-corrected chi connectivity index (χ0v) is 7.99. The molecule has 0 aromatic heterocycles. The summed E-state index contributed by atoms with van der Waals surface area (Å²) in [6.45, 7) is 3.80. The van der Waals surface area contributed by atoms with Crippen LogP contribution in [0.4, 0.5) is 0 Å². The molecular weight excluding hydrogens is 168 g/mol. The van der Waals surface area contributed by atoms with Crippen LogP contribution in [0.3, 0.4) is 0 Å². The van der Waals surface area contributed by atoms with Gasteiger partial charge in [0.2, 0.25) is 0 Å². The van der Waals surface area contributed by atoms with Crippen molar-refractivity contribution >= 4 is 5.97 Å². The Morgan fingerprint density at radius 1 is 1.62 bits per heavy atom. The van der Waals surface area contributed by atoms with E-state index in [4.69, 9.17) is 9.47 Å². The van der Waals surface area contributed by atoms with Crippen molar-refractivity contribution in [1.29, 1.82) is 0 Å². The number of hydrogen-bond acceptors (Lipinski definition) is 3. The minimum atomic E-state index is -0.112. The van der Waals surface area contributed by atoms with Gasteiger partial charge in [0.1, 0.15) is 6.61 Å². The molecule has 1 saturated carbocycles. The van der Waals surface area contributed by atoms with E-state index in [2.05, 4.69) is 6.58 Å². The molecule has 0 N–H and O–H groups in total. The average Bonchev–Trinajstić information content (AvgIpc) is 2.62. The van der Waals surface area contributed by atoms with E-state index >= 15 is 0 Å². The lowest BCUT2D eigenvalue weighted by Crippen LogP contribution is -2.16. The van der Waals surface area contributed by atoms with Gasteiger partial charge in [0.05, 0.1) is 12.0 Å². The van der Waals surface area contributed by atoms with Crippen molar-refractivity contribution in [1.82, 2.24) is 0 Å². The van der Waals surface area contributed by atoms with E-state index < -0.39 is 0 Å². The maximum Gasteiger partial charge on any atom is 0.309 e. The van der Waals surface area contributed by atoms with Crippen LogP contribution in [0.1, 0.15) is 19.3 Å². The molecule has 3 heteroatoms. The fraction of sp³-hybridized carbons (Fsp3) is 0.700. The standard InChI is InChI=1S/C10H16O3/c1-3-6-13-10(11)8-4-5-9(7-8)12-2/h3,8-9H,1,4-7H2,2H3/t8-,9-/m0/s1. The Morgan fingerprint density at radius 2 is 2.38 bits per heavy atom. The Labute approximate surface area is 78.7 Å². The van der Waals surface area contributed by atoms with Crippen LogP contribution in [0.2, 0.25) is 0 Å². The van der Waals surface area contributed by atoms with Gasteiger partial charge < -0.3 is 9.47 Å². The number of ether oxygens (including phenoxy) is 2. The van der Waals surface area contributed by atoms with Gasteiger partial charge in [0.25, 0.3) is 0 Å². The molecule has 0 spiro atoms. The third-order valence-electron chi connectivity index (χ3n) is 2.39. The SMILES string of the molecule is C=CCOC(=O)[C@H]1CC[C@H](OC)C1. The topological polar surface area (TPSA) is 35.5 Å². The second-order valence-electron chi connectivity index (χ2n) is 3.29. The largest absolute Gasteiger partial charge is 0.461 e.